The summed E-state index contributed by atoms with van der Waals surface area (Å²) in [4.78, 5) is 0. The maximum Gasteiger partial charge on any atom is 0.494 e. The highest BCUT2D eigenvalue weighted by molar-refractivity contribution is 6.62. The summed E-state index contributed by atoms with van der Waals surface area (Å²) in [6, 6.07) is 44.2. The number of benzene rings is 6. The molecule has 1 fully saturated rings. The molecule has 1 saturated heterocycles. The van der Waals surface area contributed by atoms with Crippen LogP contribution >= 0.6 is 0 Å². The van der Waals surface area contributed by atoms with E-state index in [1.807, 2.05) is 0 Å². The zero-order chi connectivity index (χ0) is 27.9. The van der Waals surface area contributed by atoms with Gasteiger partial charge in [0.2, 0.25) is 0 Å². The van der Waals surface area contributed by atoms with Crippen molar-refractivity contribution in [1.82, 2.24) is 0 Å². The first kappa shape index (κ1) is 24.4. The molecule has 0 atom stereocenters. The van der Waals surface area contributed by atoms with Gasteiger partial charge in [0.1, 0.15) is 0 Å². The average Bonchev–Trinajstić information content (AvgIpc) is 3.22. The van der Waals surface area contributed by atoms with Gasteiger partial charge in [-0.15, -0.1) is 0 Å². The second kappa shape index (κ2) is 8.57. The molecule has 7 aromatic rings. The summed E-state index contributed by atoms with van der Waals surface area (Å²) >= 11 is 0. The third-order valence-electron chi connectivity index (χ3n) is 9.29. The molecule has 1 aliphatic heterocycles. The summed E-state index contributed by atoms with van der Waals surface area (Å²) in [7, 11) is -0.400. The minimum absolute atomic E-state index is 0.377. The molecule has 0 amide bonds. The normalized spacial score (nSPS) is 16.2. The lowest BCUT2D eigenvalue weighted by Gasteiger charge is -2.32. The Morgan fingerprint density at radius 2 is 0.951 bits per heavy atom. The Labute approximate surface area is 240 Å². The van der Waals surface area contributed by atoms with Gasteiger partial charge in [-0.2, -0.15) is 0 Å². The van der Waals surface area contributed by atoms with E-state index in [9.17, 15) is 0 Å². The molecule has 1 heterocycles. The van der Waals surface area contributed by atoms with Gasteiger partial charge < -0.3 is 9.31 Å². The van der Waals surface area contributed by atoms with Crippen LogP contribution in [0, 0.1) is 12.1 Å². The van der Waals surface area contributed by atoms with Crippen molar-refractivity contribution in [3.63, 3.8) is 0 Å². The van der Waals surface area contributed by atoms with Crippen LogP contribution in [0.2, 0.25) is 0 Å². The molecule has 0 radical (unpaired) electrons. The van der Waals surface area contributed by atoms with Crippen LogP contribution in [0.1, 0.15) is 27.7 Å². The van der Waals surface area contributed by atoms with E-state index in [2.05, 4.69) is 143 Å². The Morgan fingerprint density at radius 3 is 1.59 bits per heavy atom. The first-order valence-corrected chi connectivity index (χ1v) is 14.3. The van der Waals surface area contributed by atoms with E-state index in [0.717, 1.165) is 21.6 Å². The molecule has 8 rings (SSSR count). The van der Waals surface area contributed by atoms with Gasteiger partial charge in [-0.1, -0.05) is 91.0 Å². The van der Waals surface area contributed by atoms with Crippen molar-refractivity contribution in [1.29, 1.82) is 0 Å². The van der Waals surface area contributed by atoms with Crippen LogP contribution in [-0.2, 0) is 9.31 Å². The minimum Gasteiger partial charge on any atom is -0.399 e. The van der Waals surface area contributed by atoms with E-state index >= 15 is 0 Å². The first-order valence-electron chi connectivity index (χ1n) is 14.3. The lowest BCUT2D eigenvalue weighted by atomic mass is 9.78. The smallest absolute Gasteiger partial charge is 0.399 e. The molecule has 0 spiro atoms. The molecular formula is C38H29BO2. The van der Waals surface area contributed by atoms with Gasteiger partial charge in [0.05, 0.1) is 11.2 Å². The number of hydrogen-bond acceptors (Lipinski definition) is 2. The lowest BCUT2D eigenvalue weighted by Crippen LogP contribution is -2.41. The van der Waals surface area contributed by atoms with Gasteiger partial charge in [-0.05, 0) is 112 Å². The molecule has 0 N–H and O–H groups in total. The number of rotatable bonds is 2. The van der Waals surface area contributed by atoms with Crippen LogP contribution in [-0.4, -0.2) is 18.3 Å². The summed E-state index contributed by atoms with van der Waals surface area (Å²) in [5, 5.41) is 12.1. The van der Waals surface area contributed by atoms with Crippen LogP contribution in [0.5, 0.6) is 0 Å². The maximum absolute atomic E-state index is 6.31. The predicted molar refractivity (Wildman–Crippen MR) is 173 cm³/mol. The van der Waals surface area contributed by atoms with Crippen molar-refractivity contribution in [3.8, 4) is 11.1 Å². The van der Waals surface area contributed by atoms with Crippen molar-refractivity contribution in [2.45, 2.75) is 38.9 Å². The average molecular weight is 528 g/mol. The summed E-state index contributed by atoms with van der Waals surface area (Å²) in [5.41, 5.74) is 2.64. The van der Waals surface area contributed by atoms with E-state index in [1.54, 1.807) is 0 Å². The van der Waals surface area contributed by atoms with E-state index in [0.29, 0.717) is 0 Å². The SMILES string of the molecule is CC1(C)OB(c2ccc3c(c#cc4ccc(-c5ccc6c7ccccc7c7ccccc7c6c5)cc43)c2)OC1(C)C. The van der Waals surface area contributed by atoms with Crippen LogP contribution < -0.4 is 5.46 Å². The van der Waals surface area contributed by atoms with E-state index in [1.165, 1.54) is 48.8 Å². The minimum atomic E-state index is -0.400. The lowest BCUT2D eigenvalue weighted by molar-refractivity contribution is 0.00578. The van der Waals surface area contributed by atoms with E-state index < -0.39 is 7.12 Å². The van der Waals surface area contributed by atoms with Crippen molar-refractivity contribution >= 4 is 66.4 Å². The maximum atomic E-state index is 6.31. The second-order valence-electron chi connectivity index (χ2n) is 12.3. The Hall–Kier alpha value is -4.36. The van der Waals surface area contributed by atoms with Crippen molar-refractivity contribution in [2.75, 3.05) is 0 Å². The summed E-state index contributed by atoms with van der Waals surface area (Å²) in [5.74, 6) is 0. The summed E-state index contributed by atoms with van der Waals surface area (Å²) in [6.45, 7) is 8.34. The number of hydrogen-bond donors (Lipinski definition) is 0. The molecule has 2 nitrogen and oxygen atoms in total. The molecule has 41 heavy (non-hydrogen) atoms. The van der Waals surface area contributed by atoms with Gasteiger partial charge in [-0.25, -0.2) is 0 Å². The fourth-order valence-corrected chi connectivity index (χ4v) is 6.30. The number of fused-ring (bicyclic) bond motifs is 9. The van der Waals surface area contributed by atoms with Gasteiger partial charge in [0.25, 0.3) is 0 Å². The third-order valence-corrected chi connectivity index (χ3v) is 9.29. The van der Waals surface area contributed by atoms with Crippen molar-refractivity contribution in [2.24, 2.45) is 0 Å². The molecule has 0 aromatic heterocycles. The van der Waals surface area contributed by atoms with Crippen molar-refractivity contribution < 1.29 is 9.31 Å². The van der Waals surface area contributed by atoms with Gasteiger partial charge in [0, 0.05) is 10.8 Å². The van der Waals surface area contributed by atoms with Crippen LogP contribution in [0.4, 0.5) is 0 Å². The molecule has 3 heteroatoms. The molecule has 0 bridgehead atoms. The Bertz CT molecular complexity index is 2120. The topological polar surface area (TPSA) is 18.5 Å². The fraction of sp³-hybridized carbons (Fsp3) is 0.158. The highest BCUT2D eigenvalue weighted by Gasteiger charge is 2.51. The fourth-order valence-electron chi connectivity index (χ4n) is 6.30. The predicted octanol–water partition coefficient (Wildman–Crippen LogP) is 9.02. The van der Waals surface area contributed by atoms with Crippen LogP contribution in [0.15, 0.2) is 103 Å². The van der Waals surface area contributed by atoms with E-state index in [4.69, 9.17) is 9.31 Å². The van der Waals surface area contributed by atoms with Gasteiger partial charge in [-0.3, -0.25) is 0 Å². The largest absolute Gasteiger partial charge is 0.494 e. The highest BCUT2D eigenvalue weighted by atomic mass is 16.7. The van der Waals surface area contributed by atoms with Crippen LogP contribution in [0.25, 0.3) is 65.0 Å². The first-order chi connectivity index (χ1) is 19.8. The quantitative estimate of drug-likeness (QED) is 0.165. The molecule has 7 aromatic carbocycles. The molecule has 1 aliphatic rings. The zero-order valence-electron chi connectivity index (χ0n) is 23.7. The van der Waals surface area contributed by atoms with Gasteiger partial charge >= 0.3 is 7.12 Å². The molecule has 0 unspecified atom stereocenters. The highest BCUT2D eigenvalue weighted by Crippen LogP contribution is 2.39. The molecular weight excluding hydrogens is 499 g/mol. The van der Waals surface area contributed by atoms with Crippen LogP contribution in [0.3, 0.4) is 0 Å². The zero-order valence-corrected chi connectivity index (χ0v) is 23.7. The standard InChI is InChI=1S/C38H29BO2/c1-37(2)38(3,4)41-39(40-37)28-18-20-29-27(21-28)16-14-24-13-15-25(22-35(24)29)26-17-19-34-32-11-6-5-9-30(32)31-10-7-8-12-33(31)36(34)23-26/h5-13,15,17-23H,1-4H3. The molecule has 196 valence electrons. The molecule has 0 aliphatic carbocycles. The summed E-state index contributed by atoms with van der Waals surface area (Å²) in [6.07, 6.45) is 0. The summed E-state index contributed by atoms with van der Waals surface area (Å²) < 4.78 is 12.6. The van der Waals surface area contributed by atoms with Crippen molar-refractivity contribution in [3.05, 3.63) is 115 Å². The third kappa shape index (κ3) is 3.68. The van der Waals surface area contributed by atoms with Gasteiger partial charge in [0.15, 0.2) is 0 Å². The second-order valence-corrected chi connectivity index (χ2v) is 12.3. The Kier molecular flexibility index (Phi) is 5.11. The monoisotopic (exact) mass is 528 g/mol. The molecule has 0 saturated carbocycles. The Morgan fingerprint density at radius 1 is 0.463 bits per heavy atom. The Balaban J connectivity index is 1.27. The van der Waals surface area contributed by atoms with E-state index in [-0.39, 0.29) is 11.2 Å².